The summed E-state index contributed by atoms with van der Waals surface area (Å²) in [6, 6.07) is 32.5. The number of rotatable bonds is 10. The second kappa shape index (κ2) is 15.4. The van der Waals surface area contributed by atoms with E-state index >= 15 is 0 Å². The third-order valence-corrected chi connectivity index (χ3v) is 8.23. The highest BCUT2D eigenvalue weighted by Crippen LogP contribution is 2.38. The molecule has 0 saturated carbocycles. The van der Waals surface area contributed by atoms with Crippen LogP contribution >= 0.6 is 11.8 Å². The topological polar surface area (TPSA) is 114 Å². The first-order valence-electron chi connectivity index (χ1n) is 14.6. The van der Waals surface area contributed by atoms with Crippen LogP contribution in [0.1, 0.15) is 43.6 Å². The van der Waals surface area contributed by atoms with E-state index in [1.807, 2.05) is 31.2 Å². The maximum Gasteiger partial charge on any atom is 0.338 e. The standard InChI is InChI=1S/C36H32O9S/c1-23-18-20-28(21-19-23)46-36-32(45-35(40)27-16-10-5-11-17-27)31(44-34(39)26-14-8-4-9-15-26)30(29(42-36)22-41-24(2)37)43-33(38)25-12-6-3-7-13-25/h3-21,29-32,36H,22H2,1-2H3/t29-,30-,31+,32+,36-/m1/s1. The van der Waals surface area contributed by atoms with Crippen LogP contribution in [0.2, 0.25) is 0 Å². The van der Waals surface area contributed by atoms with Gasteiger partial charge in [0.05, 0.1) is 16.7 Å². The zero-order valence-electron chi connectivity index (χ0n) is 25.1. The van der Waals surface area contributed by atoms with Crippen molar-refractivity contribution >= 4 is 35.6 Å². The van der Waals surface area contributed by atoms with Crippen LogP contribution in [0.15, 0.2) is 120 Å². The molecule has 236 valence electrons. The van der Waals surface area contributed by atoms with E-state index in [1.165, 1.54) is 18.7 Å². The Bertz CT molecular complexity index is 1630. The van der Waals surface area contributed by atoms with E-state index in [1.54, 1.807) is 91.0 Å². The molecule has 4 aromatic rings. The van der Waals surface area contributed by atoms with Gasteiger partial charge in [0.1, 0.15) is 18.1 Å². The highest BCUT2D eigenvalue weighted by atomic mass is 32.2. The number of carbonyl (C=O) groups excluding carboxylic acids is 4. The van der Waals surface area contributed by atoms with Gasteiger partial charge in [-0.1, -0.05) is 84.1 Å². The largest absolute Gasteiger partial charge is 0.463 e. The Labute approximate surface area is 270 Å². The van der Waals surface area contributed by atoms with E-state index in [0.717, 1.165) is 10.5 Å². The summed E-state index contributed by atoms with van der Waals surface area (Å²) in [7, 11) is 0. The Morgan fingerprint density at radius 1 is 0.609 bits per heavy atom. The van der Waals surface area contributed by atoms with Gasteiger partial charge in [0.25, 0.3) is 0 Å². The van der Waals surface area contributed by atoms with Gasteiger partial charge in [0.15, 0.2) is 18.3 Å². The van der Waals surface area contributed by atoms with Crippen molar-refractivity contribution in [2.75, 3.05) is 6.61 Å². The van der Waals surface area contributed by atoms with Crippen molar-refractivity contribution < 1.29 is 42.9 Å². The maximum atomic E-state index is 13.6. The predicted molar refractivity (Wildman–Crippen MR) is 169 cm³/mol. The molecule has 1 heterocycles. The zero-order chi connectivity index (χ0) is 32.5. The predicted octanol–water partition coefficient (Wildman–Crippen LogP) is 6.05. The fourth-order valence-electron chi connectivity index (χ4n) is 4.76. The van der Waals surface area contributed by atoms with Crippen LogP contribution in [-0.4, -0.2) is 60.3 Å². The Morgan fingerprint density at radius 2 is 1.04 bits per heavy atom. The van der Waals surface area contributed by atoms with Crippen LogP contribution in [0.4, 0.5) is 0 Å². The number of aryl methyl sites for hydroxylation is 1. The van der Waals surface area contributed by atoms with Crippen molar-refractivity contribution in [1.29, 1.82) is 0 Å². The SMILES string of the molecule is CC(=O)OC[C@H]1O[C@H](Sc2ccc(C)cc2)[C@@H](OC(=O)c2ccccc2)[C@@H](OC(=O)c2ccccc2)[C@@H]1OC(=O)c1ccccc1. The van der Waals surface area contributed by atoms with E-state index in [2.05, 4.69) is 0 Å². The van der Waals surface area contributed by atoms with Crippen molar-refractivity contribution in [3.63, 3.8) is 0 Å². The van der Waals surface area contributed by atoms with E-state index in [-0.39, 0.29) is 23.3 Å². The lowest BCUT2D eigenvalue weighted by Crippen LogP contribution is -2.61. The molecule has 1 aliphatic heterocycles. The number of hydrogen-bond acceptors (Lipinski definition) is 10. The molecular formula is C36H32O9S. The molecule has 9 nitrogen and oxygen atoms in total. The van der Waals surface area contributed by atoms with Gasteiger partial charge in [0, 0.05) is 11.8 Å². The summed E-state index contributed by atoms with van der Waals surface area (Å²) in [5.41, 5.74) is 0.785. The molecule has 46 heavy (non-hydrogen) atoms. The van der Waals surface area contributed by atoms with Crippen molar-refractivity contribution in [3.05, 3.63) is 138 Å². The smallest absolute Gasteiger partial charge is 0.338 e. The minimum atomic E-state index is -1.37. The second-order valence-corrected chi connectivity index (χ2v) is 11.7. The number of ether oxygens (including phenoxy) is 5. The lowest BCUT2D eigenvalue weighted by molar-refractivity contribution is -0.211. The van der Waals surface area contributed by atoms with Crippen LogP contribution < -0.4 is 0 Å². The Morgan fingerprint density at radius 3 is 1.50 bits per heavy atom. The van der Waals surface area contributed by atoms with Gasteiger partial charge in [0.2, 0.25) is 0 Å². The molecule has 0 unspecified atom stereocenters. The highest BCUT2D eigenvalue weighted by molar-refractivity contribution is 7.99. The van der Waals surface area contributed by atoms with Crippen molar-refractivity contribution in [3.8, 4) is 0 Å². The summed E-state index contributed by atoms with van der Waals surface area (Å²) in [5, 5.41) is 0. The summed E-state index contributed by atoms with van der Waals surface area (Å²) in [4.78, 5) is 53.1. The minimum absolute atomic E-state index is 0.231. The molecule has 1 fully saturated rings. The number of benzene rings is 4. The Balaban J connectivity index is 1.58. The number of esters is 4. The molecule has 0 spiro atoms. The first-order chi connectivity index (χ1) is 22.3. The molecule has 0 aromatic heterocycles. The van der Waals surface area contributed by atoms with Crippen molar-refractivity contribution in [1.82, 2.24) is 0 Å². The maximum absolute atomic E-state index is 13.6. The molecule has 0 radical (unpaired) electrons. The van der Waals surface area contributed by atoms with E-state index in [4.69, 9.17) is 23.7 Å². The number of carbonyl (C=O) groups is 4. The van der Waals surface area contributed by atoms with Gasteiger partial charge >= 0.3 is 23.9 Å². The third kappa shape index (κ3) is 8.41. The van der Waals surface area contributed by atoms with Gasteiger partial charge in [-0.3, -0.25) is 4.79 Å². The van der Waals surface area contributed by atoms with E-state index in [0.29, 0.717) is 0 Å². The quantitative estimate of drug-likeness (QED) is 0.150. The average molecular weight is 641 g/mol. The van der Waals surface area contributed by atoms with Crippen LogP contribution in [0, 0.1) is 6.92 Å². The molecular weight excluding hydrogens is 608 g/mol. The number of hydrogen-bond donors (Lipinski definition) is 0. The monoisotopic (exact) mass is 640 g/mol. The van der Waals surface area contributed by atoms with Crippen molar-refractivity contribution in [2.45, 2.75) is 48.6 Å². The summed E-state index contributed by atoms with van der Waals surface area (Å²) >= 11 is 1.23. The lowest BCUT2D eigenvalue weighted by Gasteiger charge is -2.44. The first kappa shape index (κ1) is 32.5. The van der Waals surface area contributed by atoms with Crippen molar-refractivity contribution in [2.24, 2.45) is 0 Å². The molecule has 1 saturated heterocycles. The first-order valence-corrected chi connectivity index (χ1v) is 15.5. The van der Waals surface area contributed by atoms with Crippen LogP contribution in [0.25, 0.3) is 0 Å². The summed E-state index contributed by atoms with van der Waals surface area (Å²) in [6.45, 7) is 2.87. The molecule has 0 bridgehead atoms. The van der Waals surface area contributed by atoms with Gasteiger partial charge in [-0.15, -0.1) is 0 Å². The van der Waals surface area contributed by atoms with Gasteiger partial charge in [-0.25, -0.2) is 14.4 Å². The van der Waals surface area contributed by atoms with Gasteiger partial charge in [-0.05, 0) is 55.5 Å². The molecule has 4 aromatic carbocycles. The number of thioether (sulfide) groups is 1. The van der Waals surface area contributed by atoms with Crippen LogP contribution in [0.3, 0.4) is 0 Å². The van der Waals surface area contributed by atoms with Gasteiger partial charge in [-0.2, -0.15) is 0 Å². The molecule has 5 rings (SSSR count). The highest BCUT2D eigenvalue weighted by Gasteiger charge is 2.53. The molecule has 1 aliphatic rings. The average Bonchev–Trinajstić information content (AvgIpc) is 3.08. The summed E-state index contributed by atoms with van der Waals surface area (Å²) in [6.07, 6.45) is -5.08. The Kier molecular flexibility index (Phi) is 10.9. The van der Waals surface area contributed by atoms with E-state index < -0.39 is 53.7 Å². The zero-order valence-corrected chi connectivity index (χ0v) is 26.0. The fourth-order valence-corrected chi connectivity index (χ4v) is 5.86. The fraction of sp³-hybridized carbons (Fsp3) is 0.222. The Hall–Kier alpha value is -4.93. The van der Waals surface area contributed by atoms with E-state index in [9.17, 15) is 19.2 Å². The molecule has 0 N–H and O–H groups in total. The molecule has 5 atom stereocenters. The molecule has 0 aliphatic carbocycles. The lowest BCUT2D eigenvalue weighted by atomic mass is 9.98. The third-order valence-electron chi connectivity index (χ3n) is 7.07. The molecule has 10 heteroatoms. The van der Waals surface area contributed by atoms with Crippen LogP contribution in [0.5, 0.6) is 0 Å². The van der Waals surface area contributed by atoms with Crippen LogP contribution in [-0.2, 0) is 28.5 Å². The molecule has 0 amide bonds. The summed E-state index contributed by atoms with van der Waals surface area (Å²) < 4.78 is 29.9. The minimum Gasteiger partial charge on any atom is -0.463 e. The summed E-state index contributed by atoms with van der Waals surface area (Å²) in [5.74, 6) is -2.76. The van der Waals surface area contributed by atoms with Gasteiger partial charge < -0.3 is 23.7 Å². The normalized spacial score (nSPS) is 20.6. The second-order valence-electron chi connectivity index (χ2n) is 10.5.